The maximum Gasteiger partial charge on any atom is 0.254 e. The summed E-state index contributed by atoms with van der Waals surface area (Å²) in [7, 11) is 3.16. The van der Waals surface area contributed by atoms with Gasteiger partial charge >= 0.3 is 0 Å². The molecule has 246 valence electrons. The fourth-order valence-electron chi connectivity index (χ4n) is 5.57. The lowest BCUT2D eigenvalue weighted by Gasteiger charge is -2.24. The smallest absolute Gasteiger partial charge is 0.254 e. The van der Waals surface area contributed by atoms with Gasteiger partial charge in [0, 0.05) is 12.0 Å². The van der Waals surface area contributed by atoms with Crippen molar-refractivity contribution in [3.8, 4) is 17.2 Å². The van der Waals surface area contributed by atoms with Crippen molar-refractivity contribution in [2.75, 3.05) is 20.0 Å². The zero-order valence-electron chi connectivity index (χ0n) is 26.8. The van der Waals surface area contributed by atoms with E-state index in [4.69, 9.17) is 14.6 Å². The van der Waals surface area contributed by atoms with Crippen molar-refractivity contribution in [2.24, 2.45) is 5.10 Å². The van der Waals surface area contributed by atoms with Gasteiger partial charge in [-0.1, -0.05) is 54.2 Å². The molecule has 0 aliphatic carbocycles. The van der Waals surface area contributed by atoms with E-state index in [1.165, 1.54) is 35.0 Å². The summed E-state index contributed by atoms with van der Waals surface area (Å²) in [6.45, 7) is 3.98. The molecular weight excluding hydrogens is 652 g/mol. The Balaban J connectivity index is 1.29. The first kappa shape index (κ1) is 32.9. The summed E-state index contributed by atoms with van der Waals surface area (Å²) in [5, 5.41) is 20.3. The van der Waals surface area contributed by atoms with E-state index < -0.39 is 17.8 Å². The van der Waals surface area contributed by atoms with Crippen LogP contribution in [0.2, 0.25) is 0 Å². The molecule has 0 unspecified atom stereocenters. The number of benzene rings is 3. The van der Waals surface area contributed by atoms with Crippen LogP contribution in [0.5, 0.6) is 11.5 Å². The minimum Gasteiger partial charge on any atom is -0.493 e. The number of carbonyl (C=O) groups is 2. The van der Waals surface area contributed by atoms with Crippen LogP contribution in [0.4, 0.5) is 4.39 Å². The number of carbonyl (C=O) groups excluding carboxylic acids is 2. The zero-order chi connectivity index (χ0) is 33.8. The summed E-state index contributed by atoms with van der Waals surface area (Å²) < 4.78 is 27.4. The molecule has 3 heterocycles. The lowest BCUT2D eigenvalue weighted by atomic mass is 9.99. The molecule has 2 amide bonds. The van der Waals surface area contributed by atoms with Gasteiger partial charge in [0.15, 0.2) is 22.5 Å². The number of aryl methyl sites for hydroxylation is 1. The molecule has 2 aromatic heterocycles. The lowest BCUT2D eigenvalue weighted by molar-refractivity contribution is -0.130. The molecule has 0 spiro atoms. The molecule has 0 saturated carbocycles. The average molecular weight is 685 g/mol. The molecule has 48 heavy (non-hydrogen) atoms. The van der Waals surface area contributed by atoms with Crippen molar-refractivity contribution >= 4 is 40.6 Å². The normalized spacial score (nSPS) is 14.1. The second kappa shape index (κ2) is 14.4. The van der Waals surface area contributed by atoms with Crippen LogP contribution in [-0.4, -0.2) is 57.3 Å². The quantitative estimate of drug-likeness (QED) is 0.158. The predicted octanol–water partition coefficient (Wildman–Crippen LogP) is 6.50. The van der Waals surface area contributed by atoms with Crippen LogP contribution in [0.25, 0.3) is 5.69 Å². The number of amides is 2. The molecule has 10 nitrogen and oxygen atoms in total. The highest BCUT2D eigenvalue weighted by Crippen LogP contribution is 2.42. The van der Waals surface area contributed by atoms with E-state index >= 15 is 0 Å². The van der Waals surface area contributed by atoms with Crippen molar-refractivity contribution < 1.29 is 23.5 Å². The predicted molar refractivity (Wildman–Crippen MR) is 184 cm³/mol. The standard InChI is InChI=1S/C35H33FN6O4S2/c1-21-10-7-14-27(22(21)2)41-31(19-37-34(44)23-11-5-6-13-25(23)36)38-39-35(41)48-20-32(43)42-28(18-26(40-42)30-16-9-17-47-30)24-12-8-15-29(45-3)33(24)46-4/h5-17,28H,18-20H2,1-4H3,(H,37,44)/t28-/m1/s1. The third-order valence-electron chi connectivity index (χ3n) is 8.13. The summed E-state index contributed by atoms with van der Waals surface area (Å²) in [6.07, 6.45) is 0.505. The van der Waals surface area contributed by atoms with Crippen LogP contribution in [-0.2, 0) is 11.3 Å². The van der Waals surface area contributed by atoms with E-state index in [-0.39, 0.29) is 23.8 Å². The second-order valence-corrected chi connectivity index (χ2v) is 12.9. The number of ether oxygens (including phenoxy) is 2. The van der Waals surface area contributed by atoms with Crippen molar-refractivity contribution in [3.63, 3.8) is 0 Å². The molecule has 3 aromatic carbocycles. The molecule has 1 N–H and O–H groups in total. The SMILES string of the molecule is COc1cccc([C@H]2CC(c3cccs3)=NN2C(=O)CSc2nnc(CNC(=O)c3ccccc3F)n2-c2cccc(C)c2C)c1OC. The highest BCUT2D eigenvalue weighted by atomic mass is 32.2. The Hall–Kier alpha value is -5.01. The first-order valence-corrected chi connectivity index (χ1v) is 17.0. The van der Waals surface area contributed by atoms with E-state index in [1.807, 2.05) is 72.3 Å². The van der Waals surface area contributed by atoms with Gasteiger partial charge in [0.05, 0.1) is 54.4 Å². The van der Waals surface area contributed by atoms with Gasteiger partial charge in [-0.3, -0.25) is 14.2 Å². The van der Waals surface area contributed by atoms with E-state index in [9.17, 15) is 14.0 Å². The molecule has 0 fully saturated rings. The topological polar surface area (TPSA) is 111 Å². The molecule has 13 heteroatoms. The molecule has 5 aromatic rings. The Morgan fingerprint density at radius 1 is 1.00 bits per heavy atom. The minimum absolute atomic E-state index is 0.00852. The fourth-order valence-corrected chi connectivity index (χ4v) is 7.11. The second-order valence-electron chi connectivity index (χ2n) is 11.0. The van der Waals surface area contributed by atoms with Crippen molar-refractivity contribution in [1.29, 1.82) is 0 Å². The third-order valence-corrected chi connectivity index (χ3v) is 9.96. The van der Waals surface area contributed by atoms with Gasteiger partial charge in [0.1, 0.15) is 5.82 Å². The number of thiophene rings is 1. The number of aromatic nitrogens is 3. The van der Waals surface area contributed by atoms with E-state index in [1.54, 1.807) is 31.6 Å². The number of hydrazone groups is 1. The minimum atomic E-state index is -0.613. The number of nitrogens with zero attached hydrogens (tertiary/aromatic N) is 5. The third kappa shape index (κ3) is 6.56. The molecule has 0 saturated heterocycles. The zero-order valence-corrected chi connectivity index (χ0v) is 28.4. The van der Waals surface area contributed by atoms with Gasteiger partial charge < -0.3 is 14.8 Å². The number of halogens is 1. The van der Waals surface area contributed by atoms with Gasteiger partial charge in [0.25, 0.3) is 11.8 Å². The van der Waals surface area contributed by atoms with Crippen molar-refractivity contribution in [1.82, 2.24) is 25.1 Å². The highest BCUT2D eigenvalue weighted by Gasteiger charge is 2.36. The first-order chi connectivity index (χ1) is 23.3. The van der Waals surface area contributed by atoms with Gasteiger partial charge in [0.2, 0.25) is 0 Å². The Morgan fingerprint density at radius 2 is 1.81 bits per heavy atom. The van der Waals surface area contributed by atoms with E-state index in [2.05, 4.69) is 15.5 Å². The van der Waals surface area contributed by atoms with Crippen LogP contribution < -0.4 is 14.8 Å². The Bertz CT molecular complexity index is 1990. The Labute approximate surface area is 285 Å². The number of hydrogen-bond acceptors (Lipinski definition) is 9. The molecule has 6 rings (SSSR count). The van der Waals surface area contributed by atoms with Crippen LogP contribution in [0.15, 0.2) is 88.4 Å². The fraction of sp³-hybridized carbons (Fsp3) is 0.229. The lowest BCUT2D eigenvalue weighted by Crippen LogP contribution is -2.29. The number of rotatable bonds is 11. The molecular formula is C35H33FN6O4S2. The summed E-state index contributed by atoms with van der Waals surface area (Å²) in [5.41, 5.74) is 4.38. The maximum absolute atomic E-state index is 14.3. The molecule has 1 aliphatic rings. The first-order valence-electron chi connectivity index (χ1n) is 15.1. The molecule has 1 atom stereocenters. The van der Waals surface area contributed by atoms with Gasteiger partial charge in [-0.15, -0.1) is 21.5 Å². The number of methoxy groups -OCH3 is 2. The van der Waals surface area contributed by atoms with Crippen LogP contribution in [0, 0.1) is 19.7 Å². The van der Waals surface area contributed by atoms with Crippen LogP contribution >= 0.6 is 23.1 Å². The molecule has 0 bridgehead atoms. The summed E-state index contributed by atoms with van der Waals surface area (Å²) >= 11 is 2.79. The van der Waals surface area contributed by atoms with Crippen LogP contribution in [0.3, 0.4) is 0 Å². The van der Waals surface area contributed by atoms with E-state index in [0.29, 0.717) is 28.9 Å². The van der Waals surface area contributed by atoms with Gasteiger partial charge in [-0.25, -0.2) is 9.40 Å². The number of para-hydroxylation sites is 1. The summed E-state index contributed by atoms with van der Waals surface area (Å²) in [6, 6.07) is 20.8. The van der Waals surface area contributed by atoms with Crippen LogP contribution in [0.1, 0.15) is 50.2 Å². The largest absolute Gasteiger partial charge is 0.493 e. The molecule has 0 radical (unpaired) electrons. The summed E-state index contributed by atoms with van der Waals surface area (Å²) in [4.78, 5) is 27.8. The summed E-state index contributed by atoms with van der Waals surface area (Å²) in [5.74, 6) is 0.146. The van der Waals surface area contributed by atoms with Gasteiger partial charge in [-0.05, 0) is 60.7 Å². The van der Waals surface area contributed by atoms with Gasteiger partial charge in [-0.2, -0.15) is 5.10 Å². The highest BCUT2D eigenvalue weighted by molar-refractivity contribution is 7.99. The number of hydrogen-bond donors (Lipinski definition) is 1. The number of nitrogens with one attached hydrogen (secondary N) is 1. The monoisotopic (exact) mass is 684 g/mol. The Morgan fingerprint density at radius 3 is 2.56 bits per heavy atom. The van der Waals surface area contributed by atoms with E-state index in [0.717, 1.165) is 33.0 Å². The van der Waals surface area contributed by atoms with Crippen molar-refractivity contribution in [3.05, 3.63) is 117 Å². The number of thioether (sulfide) groups is 1. The maximum atomic E-state index is 14.3. The Kier molecular flexibility index (Phi) is 9.88. The van der Waals surface area contributed by atoms with Crippen molar-refractivity contribution in [2.45, 2.75) is 38.0 Å². The molecule has 1 aliphatic heterocycles. The average Bonchev–Trinajstić information content (AvgIpc) is 3.87.